The van der Waals surface area contributed by atoms with E-state index in [-0.39, 0.29) is 5.82 Å². The molecular weight excluding hydrogens is 387 g/mol. The lowest BCUT2D eigenvalue weighted by atomic mass is 10.1. The number of aryl methyl sites for hydroxylation is 2. The molecule has 0 unspecified atom stereocenters. The van der Waals surface area contributed by atoms with Crippen LogP contribution in [0.1, 0.15) is 37.6 Å². The van der Waals surface area contributed by atoms with Crippen molar-refractivity contribution < 1.29 is 4.39 Å². The molecule has 0 spiro atoms. The number of halogens is 1. The first-order chi connectivity index (χ1) is 15.2. The van der Waals surface area contributed by atoms with Crippen LogP contribution in [-0.4, -0.2) is 47.4 Å². The molecule has 1 aliphatic rings. The molecule has 0 aliphatic carbocycles. The summed E-state index contributed by atoms with van der Waals surface area (Å²) in [4.78, 5) is 4.90. The lowest BCUT2D eigenvalue weighted by Crippen LogP contribution is -2.46. The Morgan fingerprint density at radius 1 is 0.839 bits per heavy atom. The maximum Gasteiger partial charge on any atom is 0.123 e. The van der Waals surface area contributed by atoms with Crippen LogP contribution in [0.3, 0.4) is 0 Å². The molecular formula is C26H33FN4. The van der Waals surface area contributed by atoms with Gasteiger partial charge < -0.3 is 4.90 Å². The van der Waals surface area contributed by atoms with Gasteiger partial charge in [-0.25, -0.2) is 9.07 Å². The van der Waals surface area contributed by atoms with Crippen LogP contribution in [0.15, 0.2) is 60.7 Å². The Morgan fingerprint density at radius 3 is 2.29 bits per heavy atom. The van der Waals surface area contributed by atoms with Crippen LogP contribution in [0.2, 0.25) is 0 Å². The number of nitrogens with zero attached hydrogens (tertiary/aromatic N) is 4. The van der Waals surface area contributed by atoms with Gasteiger partial charge in [-0.05, 0) is 74.7 Å². The van der Waals surface area contributed by atoms with Crippen LogP contribution >= 0.6 is 0 Å². The van der Waals surface area contributed by atoms with Gasteiger partial charge in [0.05, 0.1) is 11.4 Å². The van der Waals surface area contributed by atoms with Gasteiger partial charge in [0.25, 0.3) is 0 Å². The normalized spacial score (nSPS) is 14.8. The zero-order valence-electron chi connectivity index (χ0n) is 18.5. The summed E-state index contributed by atoms with van der Waals surface area (Å²) in [6.07, 6.45) is 5.57. The Balaban J connectivity index is 1.23. The number of hydrogen-bond donors (Lipinski definition) is 0. The van der Waals surface area contributed by atoms with Gasteiger partial charge in [0.15, 0.2) is 0 Å². The van der Waals surface area contributed by atoms with Crippen molar-refractivity contribution in [3.05, 3.63) is 77.9 Å². The summed E-state index contributed by atoms with van der Waals surface area (Å²) < 4.78 is 15.2. The van der Waals surface area contributed by atoms with Gasteiger partial charge in [0, 0.05) is 37.6 Å². The zero-order valence-corrected chi connectivity index (χ0v) is 18.5. The van der Waals surface area contributed by atoms with Gasteiger partial charge in [0.2, 0.25) is 0 Å². The van der Waals surface area contributed by atoms with Crippen molar-refractivity contribution in [2.45, 2.75) is 39.0 Å². The van der Waals surface area contributed by atoms with E-state index in [1.54, 1.807) is 12.1 Å². The largest absolute Gasteiger partial charge is 0.369 e. The van der Waals surface area contributed by atoms with E-state index < -0.39 is 0 Å². The molecule has 0 atom stereocenters. The molecule has 1 aliphatic heterocycles. The fraction of sp³-hybridized carbons (Fsp3) is 0.423. The molecule has 0 bridgehead atoms. The SMILES string of the molecule is CCCc1cc(CCCCN2CCN(c3ccc(F)cc3)CC2)nn1-c1ccccc1. The van der Waals surface area contributed by atoms with E-state index in [1.807, 2.05) is 18.2 Å². The molecule has 1 fully saturated rings. The molecule has 1 saturated heterocycles. The van der Waals surface area contributed by atoms with Crippen molar-refractivity contribution in [1.82, 2.24) is 14.7 Å². The molecule has 4 nitrogen and oxygen atoms in total. The predicted molar refractivity (Wildman–Crippen MR) is 126 cm³/mol. The molecule has 2 heterocycles. The first-order valence-electron chi connectivity index (χ1n) is 11.6. The minimum absolute atomic E-state index is 0.169. The highest BCUT2D eigenvalue weighted by molar-refractivity contribution is 5.46. The van der Waals surface area contributed by atoms with Gasteiger partial charge >= 0.3 is 0 Å². The molecule has 4 rings (SSSR count). The lowest BCUT2D eigenvalue weighted by Gasteiger charge is -2.36. The summed E-state index contributed by atoms with van der Waals surface area (Å²) in [5.74, 6) is -0.169. The second-order valence-electron chi connectivity index (χ2n) is 8.39. The molecule has 164 valence electrons. The molecule has 0 saturated carbocycles. The third-order valence-electron chi connectivity index (χ3n) is 6.06. The summed E-state index contributed by atoms with van der Waals surface area (Å²) in [6, 6.07) is 19.6. The summed E-state index contributed by atoms with van der Waals surface area (Å²) >= 11 is 0. The summed E-state index contributed by atoms with van der Waals surface area (Å²) in [5, 5.41) is 4.90. The Bertz CT molecular complexity index is 928. The Hall–Kier alpha value is -2.66. The topological polar surface area (TPSA) is 24.3 Å². The van der Waals surface area contributed by atoms with E-state index in [4.69, 9.17) is 5.10 Å². The molecule has 5 heteroatoms. The van der Waals surface area contributed by atoms with Crippen molar-refractivity contribution in [2.75, 3.05) is 37.6 Å². The first-order valence-corrected chi connectivity index (χ1v) is 11.6. The summed E-state index contributed by atoms with van der Waals surface area (Å²) in [6.45, 7) is 7.51. The third kappa shape index (κ3) is 5.73. The van der Waals surface area contributed by atoms with E-state index in [1.165, 1.54) is 17.8 Å². The average Bonchev–Trinajstić information content (AvgIpc) is 3.21. The minimum atomic E-state index is -0.169. The number of piperazine rings is 1. The highest BCUT2D eigenvalue weighted by Gasteiger charge is 2.17. The third-order valence-corrected chi connectivity index (χ3v) is 6.06. The van der Waals surface area contributed by atoms with E-state index in [0.29, 0.717) is 0 Å². The monoisotopic (exact) mass is 420 g/mol. The van der Waals surface area contributed by atoms with Gasteiger partial charge in [-0.2, -0.15) is 5.10 Å². The van der Waals surface area contributed by atoms with Crippen LogP contribution < -0.4 is 4.90 Å². The fourth-order valence-corrected chi connectivity index (χ4v) is 4.35. The van der Waals surface area contributed by atoms with Crippen LogP contribution in [0.25, 0.3) is 5.69 Å². The standard InChI is InChI=1S/C26H33FN4/c1-2-8-26-21-23(28-31(26)25-10-4-3-5-11-25)9-6-7-16-29-17-19-30(20-18-29)24-14-12-22(27)13-15-24/h3-5,10-15,21H,2,6-9,16-20H2,1H3. The number of rotatable bonds is 9. The van der Waals surface area contributed by atoms with Crippen LogP contribution in [0, 0.1) is 5.82 Å². The van der Waals surface area contributed by atoms with Crippen LogP contribution in [0.5, 0.6) is 0 Å². The molecule has 31 heavy (non-hydrogen) atoms. The Kier molecular flexibility index (Phi) is 7.36. The molecule has 3 aromatic rings. The number of aromatic nitrogens is 2. The summed E-state index contributed by atoms with van der Waals surface area (Å²) in [5.41, 5.74) is 4.78. The van der Waals surface area contributed by atoms with Crippen LogP contribution in [-0.2, 0) is 12.8 Å². The second kappa shape index (κ2) is 10.6. The first kappa shape index (κ1) is 21.6. The van der Waals surface area contributed by atoms with Gasteiger partial charge in [-0.3, -0.25) is 4.90 Å². The molecule has 2 aromatic carbocycles. The zero-order chi connectivity index (χ0) is 21.5. The van der Waals surface area contributed by atoms with Crippen molar-refractivity contribution in [3.63, 3.8) is 0 Å². The van der Waals surface area contributed by atoms with Crippen molar-refractivity contribution in [1.29, 1.82) is 0 Å². The summed E-state index contributed by atoms with van der Waals surface area (Å²) in [7, 11) is 0. The van der Waals surface area contributed by atoms with Crippen molar-refractivity contribution in [2.24, 2.45) is 0 Å². The number of hydrogen-bond acceptors (Lipinski definition) is 3. The molecule has 1 aromatic heterocycles. The van der Waals surface area contributed by atoms with Gasteiger partial charge in [0.1, 0.15) is 5.82 Å². The second-order valence-corrected chi connectivity index (χ2v) is 8.39. The average molecular weight is 421 g/mol. The maximum absolute atomic E-state index is 13.1. The molecule has 0 radical (unpaired) electrons. The quantitative estimate of drug-likeness (QED) is 0.450. The highest BCUT2D eigenvalue weighted by atomic mass is 19.1. The number of para-hydroxylation sites is 1. The van der Waals surface area contributed by atoms with Gasteiger partial charge in [-0.1, -0.05) is 31.5 Å². The van der Waals surface area contributed by atoms with Gasteiger partial charge in [-0.15, -0.1) is 0 Å². The van der Waals surface area contributed by atoms with E-state index in [2.05, 4.69) is 51.7 Å². The predicted octanol–water partition coefficient (Wildman–Crippen LogP) is 5.11. The van der Waals surface area contributed by atoms with Crippen molar-refractivity contribution in [3.8, 4) is 5.69 Å². The Labute approximate surface area is 185 Å². The Morgan fingerprint density at radius 2 is 1.58 bits per heavy atom. The van der Waals surface area contributed by atoms with E-state index >= 15 is 0 Å². The maximum atomic E-state index is 13.1. The van der Waals surface area contributed by atoms with Crippen LogP contribution in [0.4, 0.5) is 10.1 Å². The highest BCUT2D eigenvalue weighted by Crippen LogP contribution is 2.18. The smallest absolute Gasteiger partial charge is 0.123 e. The number of anilines is 1. The fourth-order valence-electron chi connectivity index (χ4n) is 4.35. The van der Waals surface area contributed by atoms with E-state index in [9.17, 15) is 4.39 Å². The lowest BCUT2D eigenvalue weighted by molar-refractivity contribution is 0.253. The van der Waals surface area contributed by atoms with E-state index in [0.717, 1.165) is 69.8 Å². The van der Waals surface area contributed by atoms with Crippen molar-refractivity contribution >= 4 is 5.69 Å². The molecule has 0 amide bonds. The number of benzene rings is 2. The number of unbranched alkanes of at least 4 members (excludes halogenated alkanes) is 1. The molecule has 0 N–H and O–H groups in total. The minimum Gasteiger partial charge on any atom is -0.369 e.